The number of aryl methyl sites for hydroxylation is 2. The molecule has 0 spiro atoms. The van der Waals surface area contributed by atoms with Crippen LogP contribution in [-0.4, -0.2) is 34.9 Å². The zero-order chi connectivity index (χ0) is 16.7. The summed E-state index contributed by atoms with van der Waals surface area (Å²) in [5, 5.41) is 4.15. The van der Waals surface area contributed by atoms with Gasteiger partial charge in [0.2, 0.25) is 0 Å². The van der Waals surface area contributed by atoms with E-state index in [2.05, 4.69) is 20.1 Å². The highest BCUT2D eigenvalue weighted by Gasteiger charge is 2.17. The molecule has 4 aromatic rings. The molecule has 24 heavy (non-hydrogen) atoms. The maximum absolute atomic E-state index is 12.2. The maximum Gasteiger partial charge on any atom is 0.378 e. The highest BCUT2D eigenvalue weighted by molar-refractivity contribution is 5.85. The van der Waals surface area contributed by atoms with Crippen LogP contribution in [0.5, 0.6) is 0 Å². The molecule has 0 aliphatic rings. The van der Waals surface area contributed by atoms with Gasteiger partial charge >= 0.3 is 5.97 Å². The molecule has 0 radical (unpaired) electrons. The maximum atomic E-state index is 12.2. The van der Waals surface area contributed by atoms with Gasteiger partial charge < -0.3 is 9.14 Å². The Morgan fingerprint density at radius 2 is 2.08 bits per heavy atom. The quantitative estimate of drug-likeness (QED) is 0.534. The van der Waals surface area contributed by atoms with Gasteiger partial charge in [0.05, 0.1) is 5.69 Å². The molecular formula is C16H14N6O2. The van der Waals surface area contributed by atoms with E-state index in [9.17, 15) is 4.79 Å². The Kier molecular flexibility index (Phi) is 3.23. The second-order valence-corrected chi connectivity index (χ2v) is 5.46. The van der Waals surface area contributed by atoms with Crippen molar-refractivity contribution in [3.63, 3.8) is 0 Å². The van der Waals surface area contributed by atoms with E-state index in [0.29, 0.717) is 11.5 Å². The van der Waals surface area contributed by atoms with Gasteiger partial charge in [0.15, 0.2) is 0 Å². The Morgan fingerprint density at radius 3 is 2.92 bits per heavy atom. The third-order valence-corrected chi connectivity index (χ3v) is 3.57. The largest absolute Gasteiger partial charge is 0.453 e. The number of rotatable bonds is 3. The molecule has 8 heteroatoms. The summed E-state index contributed by atoms with van der Waals surface area (Å²) in [7, 11) is 0. The lowest BCUT2D eigenvalue weighted by Gasteiger charge is -1.98. The topological polar surface area (TPSA) is 86.7 Å². The van der Waals surface area contributed by atoms with E-state index < -0.39 is 5.97 Å². The lowest BCUT2D eigenvalue weighted by molar-refractivity contribution is 0.0454. The molecule has 0 saturated heterocycles. The van der Waals surface area contributed by atoms with Crippen molar-refractivity contribution in [2.75, 3.05) is 0 Å². The zero-order valence-electron chi connectivity index (χ0n) is 13.2. The fourth-order valence-electron chi connectivity index (χ4n) is 2.51. The minimum atomic E-state index is -0.602. The van der Waals surface area contributed by atoms with Crippen molar-refractivity contribution in [3.05, 3.63) is 59.6 Å². The summed E-state index contributed by atoms with van der Waals surface area (Å²) in [6, 6.07) is 7.55. The van der Waals surface area contributed by atoms with Crippen LogP contribution >= 0.6 is 0 Å². The summed E-state index contributed by atoms with van der Waals surface area (Å²) in [5.41, 5.74) is 3.12. The van der Waals surface area contributed by atoms with Crippen molar-refractivity contribution in [3.8, 4) is 0 Å². The number of esters is 1. The molecule has 0 atom stereocenters. The van der Waals surface area contributed by atoms with E-state index in [-0.39, 0.29) is 12.4 Å². The number of fused-ring (bicyclic) bond motifs is 2. The number of aromatic nitrogens is 6. The van der Waals surface area contributed by atoms with Crippen molar-refractivity contribution in [2.45, 2.75) is 20.5 Å². The fraction of sp³-hybridized carbons (Fsp3) is 0.188. The first-order valence-corrected chi connectivity index (χ1v) is 7.41. The highest BCUT2D eigenvalue weighted by Crippen LogP contribution is 2.09. The Bertz CT molecular complexity index is 1030. The number of carbonyl (C=O) groups excluding carboxylic acids is 1. The first kappa shape index (κ1) is 14.3. The molecule has 4 rings (SSSR count). The van der Waals surface area contributed by atoms with Gasteiger partial charge in [0.25, 0.3) is 11.6 Å². The summed E-state index contributed by atoms with van der Waals surface area (Å²) in [4.78, 5) is 24.9. The molecule has 0 aromatic carbocycles. The minimum Gasteiger partial charge on any atom is -0.453 e. The molecule has 0 aliphatic heterocycles. The standard InChI is InChI=1S/C16H14N6O2/c1-10-7-11(2)22-16(17-10)19-14(20-22)15(23)24-9-12-8-21-6-4-3-5-13(21)18-12/h3-8H,9H2,1-2H3. The number of carbonyl (C=O) groups is 1. The van der Waals surface area contributed by atoms with E-state index in [0.717, 1.165) is 17.0 Å². The number of pyridine rings is 1. The average molecular weight is 322 g/mol. The van der Waals surface area contributed by atoms with Crippen LogP contribution in [0.4, 0.5) is 0 Å². The Balaban J connectivity index is 1.54. The van der Waals surface area contributed by atoms with Crippen LogP contribution in [0.1, 0.15) is 27.7 Å². The van der Waals surface area contributed by atoms with E-state index in [1.54, 1.807) is 0 Å². The number of hydrogen-bond acceptors (Lipinski definition) is 6. The second kappa shape index (κ2) is 5.41. The third-order valence-electron chi connectivity index (χ3n) is 3.57. The summed E-state index contributed by atoms with van der Waals surface area (Å²) in [6.07, 6.45) is 3.70. The fourth-order valence-corrected chi connectivity index (χ4v) is 2.51. The van der Waals surface area contributed by atoms with Crippen LogP contribution in [0.2, 0.25) is 0 Å². The molecule has 0 amide bonds. The van der Waals surface area contributed by atoms with Gasteiger partial charge in [-0.25, -0.2) is 19.3 Å². The molecular weight excluding hydrogens is 308 g/mol. The van der Waals surface area contributed by atoms with Crippen LogP contribution in [0.25, 0.3) is 11.4 Å². The molecule has 0 saturated carbocycles. The van der Waals surface area contributed by atoms with Crippen LogP contribution in [-0.2, 0) is 11.3 Å². The first-order chi connectivity index (χ1) is 11.6. The lowest BCUT2D eigenvalue weighted by Crippen LogP contribution is -2.08. The van der Waals surface area contributed by atoms with Gasteiger partial charge in [0.1, 0.15) is 12.3 Å². The minimum absolute atomic E-state index is 0.0139. The number of nitrogens with zero attached hydrogens (tertiary/aromatic N) is 6. The predicted molar refractivity (Wildman–Crippen MR) is 84.6 cm³/mol. The number of imidazole rings is 1. The smallest absolute Gasteiger partial charge is 0.378 e. The van der Waals surface area contributed by atoms with E-state index in [1.807, 2.05) is 54.9 Å². The van der Waals surface area contributed by atoms with E-state index in [1.165, 1.54) is 4.52 Å². The van der Waals surface area contributed by atoms with Gasteiger partial charge in [-0.1, -0.05) is 6.07 Å². The van der Waals surface area contributed by atoms with Crippen molar-refractivity contribution in [1.82, 2.24) is 29.0 Å². The second-order valence-electron chi connectivity index (χ2n) is 5.46. The van der Waals surface area contributed by atoms with E-state index in [4.69, 9.17) is 4.74 Å². The normalized spacial score (nSPS) is 11.2. The molecule has 4 heterocycles. The van der Waals surface area contributed by atoms with Crippen molar-refractivity contribution in [1.29, 1.82) is 0 Å². The molecule has 0 N–H and O–H groups in total. The highest BCUT2D eigenvalue weighted by atomic mass is 16.5. The molecule has 0 unspecified atom stereocenters. The van der Waals surface area contributed by atoms with Crippen molar-refractivity contribution in [2.24, 2.45) is 0 Å². The zero-order valence-corrected chi connectivity index (χ0v) is 13.2. The van der Waals surface area contributed by atoms with Crippen molar-refractivity contribution < 1.29 is 9.53 Å². The first-order valence-electron chi connectivity index (χ1n) is 7.41. The molecule has 0 bridgehead atoms. The molecule has 0 fully saturated rings. The van der Waals surface area contributed by atoms with E-state index >= 15 is 0 Å². The summed E-state index contributed by atoms with van der Waals surface area (Å²) < 4.78 is 8.65. The Hall–Kier alpha value is -3.29. The number of hydrogen-bond donors (Lipinski definition) is 0. The van der Waals surface area contributed by atoms with Gasteiger partial charge in [-0.15, -0.1) is 5.10 Å². The van der Waals surface area contributed by atoms with Crippen LogP contribution in [0.15, 0.2) is 36.7 Å². The lowest BCUT2D eigenvalue weighted by atomic mass is 10.4. The average Bonchev–Trinajstić information content (AvgIpc) is 3.15. The van der Waals surface area contributed by atoms with Crippen molar-refractivity contribution >= 4 is 17.4 Å². The summed E-state index contributed by atoms with van der Waals surface area (Å²) in [5.74, 6) is -0.234. The Morgan fingerprint density at radius 1 is 1.21 bits per heavy atom. The molecule has 0 aliphatic carbocycles. The van der Waals surface area contributed by atoms with Gasteiger partial charge in [-0.2, -0.15) is 4.98 Å². The van der Waals surface area contributed by atoms with Crippen LogP contribution < -0.4 is 0 Å². The molecule has 120 valence electrons. The SMILES string of the molecule is Cc1cc(C)n2nc(C(=O)OCc3cn4ccccc4n3)nc2n1. The summed E-state index contributed by atoms with van der Waals surface area (Å²) in [6.45, 7) is 3.80. The van der Waals surface area contributed by atoms with Gasteiger partial charge in [0, 0.05) is 23.8 Å². The predicted octanol–water partition coefficient (Wildman–Crippen LogP) is 1.75. The number of ether oxygens (including phenoxy) is 1. The van der Waals surface area contributed by atoms with Crippen LogP contribution in [0, 0.1) is 13.8 Å². The van der Waals surface area contributed by atoms with Crippen LogP contribution in [0.3, 0.4) is 0 Å². The summed E-state index contributed by atoms with van der Waals surface area (Å²) >= 11 is 0. The van der Waals surface area contributed by atoms with Gasteiger partial charge in [-0.3, -0.25) is 0 Å². The Labute approximate surface area is 136 Å². The monoisotopic (exact) mass is 322 g/mol. The van der Waals surface area contributed by atoms with Gasteiger partial charge in [-0.05, 0) is 32.0 Å². The molecule has 8 nitrogen and oxygen atoms in total. The third kappa shape index (κ3) is 2.47. The molecule has 4 aromatic heterocycles.